The van der Waals surface area contributed by atoms with Gasteiger partial charge in [-0.1, -0.05) is 25.0 Å². The zero-order chi connectivity index (χ0) is 20.5. The van der Waals surface area contributed by atoms with E-state index < -0.39 is 5.97 Å². The molecule has 0 aliphatic heterocycles. The summed E-state index contributed by atoms with van der Waals surface area (Å²) < 4.78 is 16.2. The van der Waals surface area contributed by atoms with Crippen LogP contribution in [0, 0.1) is 19.7 Å². The first-order valence-electron chi connectivity index (χ1n) is 9.41. The molecule has 0 aromatic heterocycles. The first-order valence-corrected chi connectivity index (χ1v) is 10.2. The molecule has 0 aliphatic rings. The molecule has 2 aromatic carbocycles. The van der Waals surface area contributed by atoms with Crippen LogP contribution in [0.4, 0.5) is 4.39 Å². The molecule has 1 amide bonds. The van der Waals surface area contributed by atoms with Gasteiger partial charge in [-0.15, -0.1) is 0 Å². The molecule has 150 valence electrons. The quantitative estimate of drug-likeness (QED) is 0.408. The summed E-state index contributed by atoms with van der Waals surface area (Å²) in [6, 6.07) is 10.7. The van der Waals surface area contributed by atoms with E-state index in [2.05, 4.69) is 10.8 Å². The molecule has 0 saturated heterocycles. The summed E-state index contributed by atoms with van der Waals surface area (Å²) in [6.07, 6.45) is 4.82. The molecule has 0 radical (unpaired) electrons. The fourth-order valence-electron chi connectivity index (χ4n) is 3.15. The van der Waals surface area contributed by atoms with Crippen LogP contribution in [0.3, 0.4) is 0 Å². The number of carboxylic acids is 1. The van der Waals surface area contributed by atoms with E-state index >= 15 is 0 Å². The number of hydrogen-bond donors (Lipinski definition) is 2. The van der Waals surface area contributed by atoms with Gasteiger partial charge in [0.1, 0.15) is 5.82 Å². The number of amides is 1. The molecule has 0 unspecified atom stereocenters. The Morgan fingerprint density at radius 3 is 2.39 bits per heavy atom. The van der Waals surface area contributed by atoms with Crippen LogP contribution in [-0.4, -0.2) is 17.0 Å². The molecule has 2 aromatic rings. The van der Waals surface area contributed by atoms with Crippen molar-refractivity contribution in [2.24, 2.45) is 0 Å². The van der Waals surface area contributed by atoms with Gasteiger partial charge >= 0.3 is 5.97 Å². The Morgan fingerprint density at radius 2 is 1.71 bits per heavy atom. The van der Waals surface area contributed by atoms with Crippen LogP contribution < -0.4 is 4.72 Å². The Labute approximate surface area is 169 Å². The van der Waals surface area contributed by atoms with E-state index in [0.29, 0.717) is 16.7 Å². The van der Waals surface area contributed by atoms with Gasteiger partial charge in [-0.25, -0.2) is 4.39 Å². The van der Waals surface area contributed by atoms with Gasteiger partial charge in [0.05, 0.1) is 0 Å². The van der Waals surface area contributed by atoms with Crippen molar-refractivity contribution in [1.29, 1.82) is 0 Å². The van der Waals surface area contributed by atoms with Crippen molar-refractivity contribution in [2.45, 2.75) is 57.3 Å². The highest BCUT2D eigenvalue weighted by Crippen LogP contribution is 2.21. The monoisotopic (exact) mass is 403 g/mol. The van der Waals surface area contributed by atoms with Crippen molar-refractivity contribution in [2.75, 3.05) is 0 Å². The zero-order valence-corrected chi connectivity index (χ0v) is 17.1. The molecule has 0 bridgehead atoms. The van der Waals surface area contributed by atoms with Gasteiger partial charge in [0.25, 0.3) is 5.91 Å². The number of nitrogens with one attached hydrogen (secondary N) is 1. The van der Waals surface area contributed by atoms with Crippen LogP contribution >= 0.6 is 11.9 Å². The molecule has 0 atom stereocenters. The fraction of sp³-hybridized carbons (Fsp3) is 0.364. The Morgan fingerprint density at radius 1 is 1.04 bits per heavy atom. The van der Waals surface area contributed by atoms with E-state index in [1.807, 2.05) is 18.2 Å². The first kappa shape index (κ1) is 22.0. The number of carbonyl (C=O) groups is 2. The minimum atomic E-state index is -0.738. The van der Waals surface area contributed by atoms with Crippen molar-refractivity contribution in [3.05, 3.63) is 64.5 Å². The van der Waals surface area contributed by atoms with E-state index in [-0.39, 0.29) is 18.1 Å². The average molecular weight is 404 g/mol. The van der Waals surface area contributed by atoms with E-state index in [9.17, 15) is 14.0 Å². The molecule has 28 heavy (non-hydrogen) atoms. The SMILES string of the molecule is Cc1cc(F)cc(C)c1C(=O)NSc1cccc(CCCCCCC(=O)O)c1. The van der Waals surface area contributed by atoms with Gasteiger partial charge in [0.2, 0.25) is 0 Å². The van der Waals surface area contributed by atoms with Gasteiger partial charge < -0.3 is 5.11 Å². The molecule has 0 spiro atoms. The molecule has 0 saturated carbocycles. The van der Waals surface area contributed by atoms with E-state index in [1.54, 1.807) is 13.8 Å². The normalized spacial score (nSPS) is 10.7. The molecular weight excluding hydrogens is 377 g/mol. The molecule has 0 heterocycles. The minimum Gasteiger partial charge on any atom is -0.481 e. The summed E-state index contributed by atoms with van der Waals surface area (Å²) in [5.74, 6) is -1.31. The topological polar surface area (TPSA) is 66.4 Å². The number of aryl methyl sites for hydroxylation is 3. The second-order valence-corrected chi connectivity index (χ2v) is 7.78. The Kier molecular flexibility index (Phi) is 8.51. The van der Waals surface area contributed by atoms with Crippen molar-refractivity contribution in [1.82, 2.24) is 4.72 Å². The Balaban J connectivity index is 1.84. The number of carbonyl (C=O) groups excluding carboxylic acids is 1. The van der Waals surface area contributed by atoms with Crippen molar-refractivity contribution >= 4 is 23.8 Å². The number of unbranched alkanes of at least 4 members (excludes halogenated alkanes) is 3. The number of halogens is 1. The third-order valence-electron chi connectivity index (χ3n) is 4.49. The largest absolute Gasteiger partial charge is 0.481 e. The summed E-state index contributed by atoms with van der Waals surface area (Å²) in [7, 11) is 0. The molecule has 2 N–H and O–H groups in total. The molecule has 0 aliphatic carbocycles. The van der Waals surface area contributed by atoms with Crippen LogP contribution in [0.15, 0.2) is 41.3 Å². The molecule has 4 nitrogen and oxygen atoms in total. The van der Waals surface area contributed by atoms with Crippen molar-refractivity contribution in [3.63, 3.8) is 0 Å². The van der Waals surface area contributed by atoms with Crippen molar-refractivity contribution < 1.29 is 19.1 Å². The van der Waals surface area contributed by atoms with Crippen molar-refractivity contribution in [3.8, 4) is 0 Å². The molecule has 2 rings (SSSR count). The van der Waals surface area contributed by atoms with Gasteiger partial charge in [-0.05, 0) is 86.0 Å². The summed E-state index contributed by atoms with van der Waals surface area (Å²) in [5, 5.41) is 8.63. The van der Waals surface area contributed by atoms with E-state index in [1.165, 1.54) is 29.6 Å². The minimum absolute atomic E-state index is 0.233. The molecule has 0 fully saturated rings. The third-order valence-corrected chi connectivity index (χ3v) is 5.27. The maximum atomic E-state index is 13.4. The smallest absolute Gasteiger partial charge is 0.303 e. The lowest BCUT2D eigenvalue weighted by Crippen LogP contribution is -2.18. The summed E-state index contributed by atoms with van der Waals surface area (Å²) in [6.45, 7) is 3.46. The summed E-state index contributed by atoms with van der Waals surface area (Å²) >= 11 is 1.25. The number of hydrogen-bond acceptors (Lipinski definition) is 3. The summed E-state index contributed by atoms with van der Waals surface area (Å²) in [4.78, 5) is 23.9. The second-order valence-electron chi connectivity index (χ2n) is 6.90. The maximum Gasteiger partial charge on any atom is 0.303 e. The predicted molar refractivity (Wildman–Crippen MR) is 110 cm³/mol. The maximum absolute atomic E-state index is 13.4. The third kappa shape index (κ3) is 7.00. The lowest BCUT2D eigenvalue weighted by atomic mass is 10.0. The number of benzene rings is 2. The van der Waals surface area contributed by atoms with E-state index in [4.69, 9.17) is 5.11 Å². The highest BCUT2D eigenvalue weighted by molar-refractivity contribution is 7.98. The first-order chi connectivity index (χ1) is 13.4. The number of rotatable bonds is 10. The molecule has 6 heteroatoms. The lowest BCUT2D eigenvalue weighted by Gasteiger charge is -2.11. The van der Waals surface area contributed by atoms with E-state index in [0.717, 1.165) is 37.0 Å². The van der Waals surface area contributed by atoms with Gasteiger partial charge in [0, 0.05) is 16.9 Å². The van der Waals surface area contributed by atoms with Crippen LogP contribution in [0.25, 0.3) is 0 Å². The fourth-order valence-corrected chi connectivity index (χ4v) is 3.82. The highest BCUT2D eigenvalue weighted by Gasteiger charge is 2.14. The average Bonchev–Trinajstić information content (AvgIpc) is 2.62. The second kappa shape index (κ2) is 10.9. The highest BCUT2D eigenvalue weighted by atomic mass is 32.2. The van der Waals surface area contributed by atoms with Crippen LogP contribution in [0.5, 0.6) is 0 Å². The van der Waals surface area contributed by atoms with Gasteiger partial charge in [0.15, 0.2) is 0 Å². The van der Waals surface area contributed by atoms with Gasteiger partial charge in [-0.2, -0.15) is 0 Å². The lowest BCUT2D eigenvalue weighted by molar-refractivity contribution is -0.137. The Bertz CT molecular complexity index is 815. The van der Waals surface area contributed by atoms with Gasteiger partial charge in [-0.3, -0.25) is 14.3 Å². The predicted octanol–water partition coefficient (Wildman–Crippen LogP) is 5.46. The summed E-state index contributed by atoms with van der Waals surface area (Å²) in [5.41, 5.74) is 2.93. The standard InChI is InChI=1S/C22H26FNO3S/c1-15-12-18(23)13-16(2)21(15)22(27)24-28-19-10-7-9-17(14-19)8-5-3-4-6-11-20(25)26/h7,9-10,12-14H,3-6,8,11H2,1-2H3,(H,24,27)(H,25,26). The Hall–Kier alpha value is -2.34. The van der Waals surface area contributed by atoms with Crippen LogP contribution in [-0.2, 0) is 11.2 Å². The number of aliphatic carboxylic acids is 1. The molecular formula is C22H26FNO3S. The van der Waals surface area contributed by atoms with Crippen LogP contribution in [0.2, 0.25) is 0 Å². The zero-order valence-electron chi connectivity index (χ0n) is 16.3. The number of carboxylic acid groups (broad SMARTS) is 1. The van der Waals surface area contributed by atoms with Crippen LogP contribution in [0.1, 0.15) is 59.2 Å².